The second-order valence-electron chi connectivity index (χ2n) is 17.9. The molecule has 0 aliphatic heterocycles. The van der Waals surface area contributed by atoms with Gasteiger partial charge in [0.15, 0.2) is 11.9 Å². The van der Waals surface area contributed by atoms with E-state index >= 15 is 0 Å². The predicted octanol–water partition coefficient (Wildman–Crippen LogP) is 5.71. The number of aromatic amines is 5. The van der Waals surface area contributed by atoms with Gasteiger partial charge in [-0.3, -0.25) is 75.6 Å². The number of non-ortho nitro benzene ring substituents is 4. The maximum Gasteiger partial charge on any atom is 0.340 e. The molecule has 0 fully saturated rings. The summed E-state index contributed by atoms with van der Waals surface area (Å²) in [4.78, 5) is 165. The fourth-order valence-electron chi connectivity index (χ4n) is 7.96. The Morgan fingerprint density at radius 1 is 0.419 bits per heavy atom. The van der Waals surface area contributed by atoms with Crippen molar-refractivity contribution in [3.63, 3.8) is 0 Å². The number of rotatable bonds is 12. The van der Waals surface area contributed by atoms with E-state index in [4.69, 9.17) is 11.5 Å². The third-order valence-electron chi connectivity index (χ3n) is 11.7. The second kappa shape index (κ2) is 31.3. The quantitative estimate of drug-likeness (QED) is 0.0302. The standard InChI is InChI=1S/C11H11N5O4.2C11H10N4O5.C9H8N4O4.C9H9N3O2.H2N.W/c1-5(17)13-11-14-8-4-6(16(19)20)3-7(9(8)15-11)10(18)12-2;2*1-5(16)12-11-13-8-4-6(15(18)19)3-7(9(8)14-11)10(17)20-2;1-17-8(14)5-2-4(13(15)16)3-6-7(5)12-9(10)11-6;1-14-8(13)5-3-2-4-6-7(5)12-9(10)11-6;;/h3-4H,1-2H3,(H,12,18)(H2,13,14,15,17);2*3-4H,1-2H3,(H2,12,13,14,16);2-3H,1H3,(H3,10,11,12);2-4H,1H3,(H3,10,11,12);1H2;/q;;;;;-1;. The van der Waals surface area contributed by atoms with Gasteiger partial charge < -0.3 is 66.8 Å². The number of benzene rings is 5. The maximum atomic E-state index is 11.8. The van der Waals surface area contributed by atoms with Crippen LogP contribution in [-0.4, -0.2) is 153 Å². The first-order valence-corrected chi connectivity index (χ1v) is 25.1. The molecular weight excluding hydrogens is 1410 g/mol. The van der Waals surface area contributed by atoms with Gasteiger partial charge >= 0.3 is 23.9 Å². The molecule has 42 heteroatoms. The molecular formula is C51H50N21O20W-. The number of nitrogens with one attached hydrogen (secondary N) is 9. The molecule has 41 nitrogen and oxygen atoms in total. The Hall–Kier alpha value is -12.9. The van der Waals surface area contributed by atoms with Gasteiger partial charge in [0.1, 0.15) is 27.6 Å². The van der Waals surface area contributed by atoms with E-state index in [9.17, 15) is 78.8 Å². The molecule has 15 N–H and O–H groups in total. The van der Waals surface area contributed by atoms with Crippen molar-refractivity contribution >= 4 is 155 Å². The van der Waals surface area contributed by atoms with Crippen LogP contribution in [0.15, 0.2) is 66.7 Å². The molecule has 0 spiro atoms. The molecule has 5 aromatic heterocycles. The predicted molar refractivity (Wildman–Crippen MR) is 323 cm³/mol. The number of hydrogen-bond acceptors (Lipinski definition) is 27. The van der Waals surface area contributed by atoms with Gasteiger partial charge in [0.2, 0.25) is 35.6 Å². The Morgan fingerprint density at radius 3 is 0.989 bits per heavy atom. The number of aromatic nitrogens is 10. The van der Waals surface area contributed by atoms with Crippen LogP contribution in [0.2, 0.25) is 0 Å². The summed E-state index contributed by atoms with van der Waals surface area (Å²) in [7, 11) is 6.25. The molecule has 0 saturated carbocycles. The number of carbonyl (C=O) groups is 8. The van der Waals surface area contributed by atoms with Gasteiger partial charge in [-0.15, -0.1) is 0 Å². The van der Waals surface area contributed by atoms with Gasteiger partial charge in [-0.05, 0) is 12.1 Å². The zero-order valence-corrected chi connectivity index (χ0v) is 52.1. The van der Waals surface area contributed by atoms with Gasteiger partial charge in [-0.25, -0.2) is 44.1 Å². The molecule has 5 heterocycles. The van der Waals surface area contributed by atoms with Gasteiger partial charge in [-0.2, -0.15) is 0 Å². The summed E-state index contributed by atoms with van der Waals surface area (Å²) in [6, 6.07) is 14.5. The molecule has 10 aromatic rings. The Labute approximate surface area is 531 Å². The van der Waals surface area contributed by atoms with Gasteiger partial charge in [-0.1, -0.05) is 6.07 Å². The topological polar surface area (TPSA) is 623 Å². The molecule has 0 unspecified atom stereocenters. The second-order valence-corrected chi connectivity index (χ2v) is 17.9. The zero-order valence-electron chi connectivity index (χ0n) is 49.2. The first kappa shape index (κ1) is 72.5. The number of esters is 4. The largest absolute Gasteiger partial charge is 0.693 e. The SMILES string of the molecule is CNC(=O)c1cc([N+](=O)[O-])cc2[nH]c(NC(C)=O)nc12.COC(=O)c1cc([N+](=O)[O-])cc2[nH]c(N)nc12.COC(=O)c1cc([N+](=O)[O-])cc2[nH]c(NC(C)=O)nc12.COC(=O)c1cc([N+](=O)[O-])cc2[nH]c(NC(C)=O)nc12.COC(=O)c1cccc2[nH]c(N)nc12.[NH2-].[W]. The normalized spacial score (nSPS) is 10.1. The summed E-state index contributed by atoms with van der Waals surface area (Å²) in [6.07, 6.45) is 0. The van der Waals surface area contributed by atoms with E-state index < -0.39 is 49.5 Å². The van der Waals surface area contributed by atoms with Crippen LogP contribution in [0.4, 0.5) is 52.5 Å². The summed E-state index contributed by atoms with van der Waals surface area (Å²) in [5.74, 6) is -3.51. The monoisotopic (exact) mass is 1460 g/mol. The van der Waals surface area contributed by atoms with Crippen LogP contribution in [-0.2, 0) is 54.4 Å². The summed E-state index contributed by atoms with van der Waals surface area (Å²) in [5, 5.41) is 52.9. The van der Waals surface area contributed by atoms with Crippen LogP contribution >= 0.6 is 0 Å². The van der Waals surface area contributed by atoms with Gasteiger partial charge in [0.05, 0.1) is 104 Å². The Morgan fingerprint density at radius 2 is 0.688 bits per heavy atom. The van der Waals surface area contributed by atoms with E-state index in [2.05, 4.69) is 90.1 Å². The van der Waals surface area contributed by atoms with Crippen molar-refractivity contribution in [3.05, 3.63) is 141 Å². The number of methoxy groups -OCH3 is 4. The van der Waals surface area contributed by atoms with E-state index in [1.165, 1.54) is 66.3 Å². The van der Waals surface area contributed by atoms with E-state index in [0.29, 0.717) is 22.1 Å². The van der Waals surface area contributed by atoms with E-state index in [1.54, 1.807) is 18.2 Å². The van der Waals surface area contributed by atoms with Crippen molar-refractivity contribution in [2.45, 2.75) is 20.8 Å². The summed E-state index contributed by atoms with van der Waals surface area (Å²) >= 11 is 0. The average molecular weight is 1460 g/mol. The minimum absolute atomic E-state index is 0. The third kappa shape index (κ3) is 17.7. The third-order valence-corrected chi connectivity index (χ3v) is 11.7. The first-order valence-electron chi connectivity index (χ1n) is 25.1. The number of nitrogens with two attached hydrogens (primary N) is 3. The van der Waals surface area contributed by atoms with Crippen molar-refractivity contribution in [1.82, 2.24) is 55.2 Å². The molecule has 0 aliphatic rings. The Bertz CT molecular complexity index is 4310. The van der Waals surface area contributed by atoms with Crippen LogP contribution in [0.25, 0.3) is 61.3 Å². The number of anilines is 5. The van der Waals surface area contributed by atoms with Crippen molar-refractivity contribution in [2.24, 2.45) is 0 Å². The van der Waals surface area contributed by atoms with E-state index in [-0.39, 0.29) is 153 Å². The molecule has 486 valence electrons. The minimum atomic E-state index is -0.750. The molecule has 4 amide bonds. The molecule has 10 rings (SSSR count). The summed E-state index contributed by atoms with van der Waals surface area (Å²) < 4.78 is 18.3. The van der Waals surface area contributed by atoms with Crippen molar-refractivity contribution < 1.29 is 98.1 Å². The van der Waals surface area contributed by atoms with Crippen LogP contribution < -0.4 is 32.7 Å². The average Bonchev–Trinajstić information content (AvgIpc) is 1.73. The number of para-hydroxylation sites is 1. The van der Waals surface area contributed by atoms with Crippen LogP contribution in [0.5, 0.6) is 0 Å². The number of fused-ring (bicyclic) bond motifs is 5. The molecule has 5 aromatic carbocycles. The number of nitro groups is 4. The fourth-order valence-corrected chi connectivity index (χ4v) is 7.96. The Balaban J connectivity index is 0.000000248. The van der Waals surface area contributed by atoms with Gasteiger partial charge in [0.25, 0.3) is 28.7 Å². The number of carbonyl (C=O) groups excluding carboxylic acids is 8. The maximum absolute atomic E-state index is 11.8. The van der Waals surface area contributed by atoms with Crippen LogP contribution in [0.1, 0.15) is 72.6 Å². The molecule has 0 bridgehead atoms. The fraction of sp³-hybridized carbons (Fsp3) is 0.157. The summed E-state index contributed by atoms with van der Waals surface area (Å²) in [5.41, 5.74) is 13.5. The first-order chi connectivity index (χ1) is 43.0. The number of ether oxygens (including phenoxy) is 4. The number of nitro benzene ring substituents is 4. The minimum Gasteiger partial charge on any atom is -0.693 e. The molecule has 0 saturated heterocycles. The number of nitrogens with zero attached hydrogens (tertiary/aromatic N) is 9. The van der Waals surface area contributed by atoms with E-state index in [1.807, 2.05) is 0 Å². The van der Waals surface area contributed by atoms with Crippen molar-refractivity contribution in [1.29, 1.82) is 0 Å². The van der Waals surface area contributed by atoms with Crippen LogP contribution in [0, 0.1) is 40.5 Å². The smallest absolute Gasteiger partial charge is 0.340 e. The summed E-state index contributed by atoms with van der Waals surface area (Å²) in [6.45, 7) is 3.88. The molecule has 93 heavy (non-hydrogen) atoms. The number of hydrogen-bond donors (Lipinski definition) is 11. The van der Waals surface area contributed by atoms with Crippen molar-refractivity contribution in [3.8, 4) is 0 Å². The number of H-pyrrole nitrogens is 5. The van der Waals surface area contributed by atoms with E-state index in [0.717, 1.165) is 44.0 Å². The van der Waals surface area contributed by atoms with Crippen molar-refractivity contribution in [2.75, 3.05) is 62.9 Å². The van der Waals surface area contributed by atoms with Crippen LogP contribution in [0.3, 0.4) is 0 Å². The number of nitrogen functional groups attached to an aromatic ring is 2. The van der Waals surface area contributed by atoms with Gasteiger partial charge in [0, 0.05) is 97.4 Å². The Kier molecular flexibility index (Phi) is 24.4. The molecule has 0 aliphatic carbocycles. The number of amides is 4. The molecule has 0 atom stereocenters. The number of imidazole rings is 5. The molecule has 0 radical (unpaired) electrons. The zero-order chi connectivity index (χ0) is 67.3.